The minimum absolute atomic E-state index is 0.0345. The Labute approximate surface area is 255 Å². The number of allylic oxidation sites excluding steroid dienone is 2. The molecule has 1 spiro atoms. The predicted octanol–water partition coefficient (Wildman–Crippen LogP) is 4.87. The number of phenols is 1. The molecule has 0 saturated heterocycles. The third kappa shape index (κ3) is 3.85. The van der Waals surface area contributed by atoms with Crippen LogP contribution >= 0.6 is 0 Å². The van der Waals surface area contributed by atoms with E-state index in [1.54, 1.807) is 32.8 Å². The summed E-state index contributed by atoms with van der Waals surface area (Å²) < 4.78 is 55.1. The second-order valence-corrected chi connectivity index (χ2v) is 12.8. The maximum atomic E-state index is 15.6. The average molecular weight is 630 g/mol. The largest absolute Gasteiger partial charge is 0.511 e. The molecule has 45 heavy (non-hydrogen) atoms. The number of amides is 2. The quantitative estimate of drug-likeness (QED) is 0.239. The van der Waals surface area contributed by atoms with Gasteiger partial charge >= 0.3 is 6.18 Å². The van der Waals surface area contributed by atoms with Crippen molar-refractivity contribution in [2.75, 3.05) is 19.4 Å². The smallest absolute Gasteiger partial charge is 0.416 e. The SMILES string of the molecule is CC1[C@]2(C)C(C(N)=O)=C(O)[C@@H](N(C)C)[C@@H]3C[C@@H]4Cc5c(F)cc(NC(=O)c6cccc(C(F)(F)F)c6)c(O)c5C(=O)C4=C(O)[C@@]132. The van der Waals surface area contributed by atoms with E-state index in [2.05, 4.69) is 5.32 Å². The molecule has 13 heteroatoms. The monoisotopic (exact) mass is 629 g/mol. The van der Waals surface area contributed by atoms with Gasteiger partial charge in [0.1, 0.15) is 17.3 Å². The second kappa shape index (κ2) is 9.56. The number of Topliss-reactive ketones (excluding diaryl/α,β-unsaturated/α-hetero) is 1. The molecule has 1 saturated carbocycles. The number of primary amides is 1. The van der Waals surface area contributed by atoms with E-state index in [4.69, 9.17) is 5.73 Å². The van der Waals surface area contributed by atoms with Gasteiger partial charge < -0.3 is 26.4 Å². The van der Waals surface area contributed by atoms with Gasteiger partial charge in [-0.25, -0.2) is 4.39 Å². The van der Waals surface area contributed by atoms with Crippen molar-refractivity contribution in [1.82, 2.24) is 4.90 Å². The number of aromatic hydroxyl groups is 1. The number of likely N-dealkylation sites (N-methyl/N-ethyl adjacent to an activating group) is 1. The van der Waals surface area contributed by atoms with Crippen LogP contribution in [0.15, 0.2) is 53.0 Å². The van der Waals surface area contributed by atoms with Crippen molar-refractivity contribution >= 4 is 23.3 Å². The van der Waals surface area contributed by atoms with Gasteiger partial charge in [0.05, 0.1) is 28.4 Å². The highest BCUT2D eigenvalue weighted by Gasteiger charge is 2.83. The number of aliphatic hydroxyl groups excluding tert-OH is 2. The number of nitrogens with two attached hydrogens (primary N) is 1. The molecule has 4 aliphatic rings. The number of hydrogen-bond donors (Lipinski definition) is 5. The molecule has 6 N–H and O–H groups in total. The molecular formula is C32H31F4N3O6. The number of nitrogens with zero attached hydrogens (tertiary/aromatic N) is 1. The van der Waals surface area contributed by atoms with Crippen LogP contribution < -0.4 is 11.1 Å². The van der Waals surface area contributed by atoms with Crippen molar-refractivity contribution in [3.8, 4) is 5.75 Å². The van der Waals surface area contributed by atoms with E-state index in [-0.39, 0.29) is 41.1 Å². The number of hydrogen-bond acceptors (Lipinski definition) is 7. The molecule has 0 aliphatic heterocycles. The number of carbonyl (C=O) groups excluding carboxylic acids is 3. The van der Waals surface area contributed by atoms with Gasteiger partial charge in [-0.05, 0) is 62.9 Å². The number of benzene rings is 2. The number of halogens is 4. The van der Waals surface area contributed by atoms with Gasteiger partial charge in [-0.3, -0.25) is 19.3 Å². The summed E-state index contributed by atoms with van der Waals surface area (Å²) in [6.07, 6.45) is -4.59. The lowest BCUT2D eigenvalue weighted by Crippen LogP contribution is -2.52. The molecule has 6 atom stereocenters. The van der Waals surface area contributed by atoms with Crippen molar-refractivity contribution in [2.24, 2.45) is 34.3 Å². The minimum atomic E-state index is -4.72. The van der Waals surface area contributed by atoms with Crippen LogP contribution in [-0.4, -0.2) is 58.0 Å². The first-order valence-electron chi connectivity index (χ1n) is 14.3. The number of aliphatic hydroxyl groups is 2. The maximum Gasteiger partial charge on any atom is 0.416 e. The Morgan fingerprint density at radius 1 is 1.13 bits per heavy atom. The summed E-state index contributed by atoms with van der Waals surface area (Å²) in [5.41, 5.74) is 0.693. The summed E-state index contributed by atoms with van der Waals surface area (Å²) in [6.45, 7) is 3.49. The van der Waals surface area contributed by atoms with Crippen LogP contribution in [0.25, 0.3) is 0 Å². The fourth-order valence-electron chi connectivity index (χ4n) is 8.74. The summed E-state index contributed by atoms with van der Waals surface area (Å²) >= 11 is 0. The molecule has 9 nitrogen and oxygen atoms in total. The number of ketones is 1. The number of fused-ring (bicyclic) bond motifs is 2. The summed E-state index contributed by atoms with van der Waals surface area (Å²) in [5.74, 6) is -6.69. The molecule has 0 heterocycles. The summed E-state index contributed by atoms with van der Waals surface area (Å²) in [7, 11) is 3.40. The number of phenolic OH excluding ortho intramolecular Hbond substituents is 1. The molecule has 0 radical (unpaired) electrons. The third-order valence-corrected chi connectivity index (χ3v) is 10.7. The third-order valence-electron chi connectivity index (χ3n) is 10.7. The topological polar surface area (TPSA) is 153 Å². The molecule has 0 bridgehead atoms. The lowest BCUT2D eigenvalue weighted by atomic mass is 9.58. The van der Waals surface area contributed by atoms with Gasteiger partial charge in [0.25, 0.3) is 5.91 Å². The predicted molar refractivity (Wildman–Crippen MR) is 153 cm³/mol. The van der Waals surface area contributed by atoms with Crippen LogP contribution in [0.3, 0.4) is 0 Å². The van der Waals surface area contributed by atoms with Crippen molar-refractivity contribution in [3.63, 3.8) is 0 Å². The molecular weight excluding hydrogens is 598 g/mol. The van der Waals surface area contributed by atoms with Crippen LogP contribution in [-0.2, 0) is 17.4 Å². The van der Waals surface area contributed by atoms with E-state index in [0.717, 1.165) is 24.3 Å². The lowest BCUT2D eigenvalue weighted by molar-refractivity contribution is -0.137. The molecule has 238 valence electrons. The molecule has 2 aromatic carbocycles. The van der Waals surface area contributed by atoms with Crippen molar-refractivity contribution < 1.29 is 47.3 Å². The zero-order valence-electron chi connectivity index (χ0n) is 24.7. The van der Waals surface area contributed by atoms with Crippen molar-refractivity contribution in [3.05, 3.63) is 81.1 Å². The van der Waals surface area contributed by atoms with E-state index >= 15 is 4.39 Å². The van der Waals surface area contributed by atoms with Gasteiger partial charge in [0, 0.05) is 33.6 Å². The number of carbonyl (C=O) groups is 3. The van der Waals surface area contributed by atoms with E-state index < -0.39 is 92.3 Å². The fourth-order valence-corrected chi connectivity index (χ4v) is 8.74. The highest BCUT2D eigenvalue weighted by atomic mass is 19.4. The van der Waals surface area contributed by atoms with Gasteiger partial charge in [-0.15, -0.1) is 0 Å². The zero-order chi connectivity index (χ0) is 33.1. The van der Waals surface area contributed by atoms with Crippen LogP contribution in [0.5, 0.6) is 5.75 Å². The minimum Gasteiger partial charge on any atom is -0.511 e. The molecule has 6 rings (SSSR count). The Morgan fingerprint density at radius 2 is 1.80 bits per heavy atom. The number of anilines is 1. The van der Waals surface area contributed by atoms with Gasteiger partial charge in [-0.2, -0.15) is 13.2 Å². The summed E-state index contributed by atoms with van der Waals surface area (Å²) in [4.78, 5) is 41.3. The Bertz CT molecular complexity index is 1780. The van der Waals surface area contributed by atoms with Gasteiger partial charge in [-0.1, -0.05) is 19.9 Å². The lowest BCUT2D eigenvalue weighted by Gasteiger charge is -2.49. The standard InChI is InChI=1S/C32H31F4N3O6/c1-12-30(2)22(28(37)44)26(42)23(39(3)4)17-10-14-9-16-18(33)11-19(24(40)21(16)25(41)20(14)27(43)31(12,17)30)38-29(45)13-6-5-7-15(8-13)32(34,35)36/h5-8,11-12,14,17,23,40,42-43H,9-10H2,1-4H3,(H2,37,44)(H,38,45)/t12?,14-,17-,23-,30+,31+/m0/s1. The van der Waals surface area contributed by atoms with E-state index in [0.29, 0.717) is 6.07 Å². The van der Waals surface area contributed by atoms with E-state index in [1.807, 2.05) is 0 Å². The Kier molecular flexibility index (Phi) is 6.50. The Balaban J connectivity index is 1.44. The average Bonchev–Trinajstić information content (AvgIpc) is 3.44. The zero-order valence-corrected chi connectivity index (χ0v) is 24.7. The number of alkyl halides is 3. The van der Waals surface area contributed by atoms with E-state index in [1.165, 1.54) is 0 Å². The first-order valence-corrected chi connectivity index (χ1v) is 14.3. The van der Waals surface area contributed by atoms with Gasteiger partial charge in [0.15, 0.2) is 11.5 Å². The highest BCUT2D eigenvalue weighted by Crippen LogP contribution is 2.83. The first kappa shape index (κ1) is 30.6. The van der Waals surface area contributed by atoms with E-state index in [9.17, 15) is 42.9 Å². The van der Waals surface area contributed by atoms with Crippen LogP contribution in [0.2, 0.25) is 0 Å². The van der Waals surface area contributed by atoms with Gasteiger partial charge in [0.2, 0.25) is 5.91 Å². The summed E-state index contributed by atoms with van der Waals surface area (Å²) in [5, 5.41) is 36.6. The summed E-state index contributed by atoms with van der Waals surface area (Å²) in [6, 6.07) is 3.57. The van der Waals surface area contributed by atoms with Crippen molar-refractivity contribution in [1.29, 1.82) is 0 Å². The molecule has 1 unspecified atom stereocenters. The Hall–Kier alpha value is -4.39. The molecule has 2 aromatic rings. The second-order valence-electron chi connectivity index (χ2n) is 12.8. The first-order chi connectivity index (χ1) is 20.9. The Morgan fingerprint density at radius 3 is 2.40 bits per heavy atom. The molecule has 4 aliphatic carbocycles. The fraction of sp³-hybridized carbons (Fsp3) is 0.406. The molecule has 0 aromatic heterocycles. The number of nitrogens with one attached hydrogen (secondary N) is 1. The van der Waals surface area contributed by atoms with Crippen LogP contribution in [0.1, 0.15) is 52.1 Å². The maximum absolute atomic E-state index is 15.6. The number of rotatable bonds is 4. The molecule has 1 fully saturated rings. The van der Waals surface area contributed by atoms with Crippen LogP contribution in [0.4, 0.5) is 23.2 Å². The van der Waals surface area contributed by atoms with Crippen LogP contribution in [0, 0.1) is 34.4 Å². The normalized spacial score (nSPS) is 30.4. The van der Waals surface area contributed by atoms with Crippen molar-refractivity contribution in [2.45, 2.75) is 38.9 Å². The molecule has 2 amide bonds. The highest BCUT2D eigenvalue weighted by molar-refractivity contribution is 6.15.